The van der Waals surface area contributed by atoms with Crippen molar-refractivity contribution < 1.29 is 4.79 Å². The molecule has 3 rings (SSSR count). The summed E-state index contributed by atoms with van der Waals surface area (Å²) in [6.45, 7) is 3.82. The highest BCUT2D eigenvalue weighted by Gasteiger charge is 2.19. The highest BCUT2D eigenvalue weighted by atomic mass is 35.5. The molecule has 2 aromatic rings. The number of nitrogens with one attached hydrogen (secondary N) is 1. The minimum absolute atomic E-state index is 0.0468. The zero-order chi connectivity index (χ0) is 18.2. The van der Waals surface area contributed by atoms with Gasteiger partial charge in [0.1, 0.15) is 0 Å². The van der Waals surface area contributed by atoms with E-state index in [9.17, 15) is 4.79 Å². The maximum atomic E-state index is 12.0. The van der Waals surface area contributed by atoms with Gasteiger partial charge < -0.3 is 10.2 Å². The van der Waals surface area contributed by atoms with Crippen LogP contribution in [0, 0.1) is 5.92 Å². The summed E-state index contributed by atoms with van der Waals surface area (Å²) in [6, 6.07) is 11.8. The van der Waals surface area contributed by atoms with Gasteiger partial charge >= 0.3 is 0 Å². The van der Waals surface area contributed by atoms with Crippen molar-refractivity contribution in [2.75, 3.05) is 26.2 Å². The van der Waals surface area contributed by atoms with Crippen molar-refractivity contribution in [3.8, 4) is 0 Å². The monoisotopic (exact) mass is 371 g/mol. The zero-order valence-corrected chi connectivity index (χ0v) is 15.8. The summed E-state index contributed by atoms with van der Waals surface area (Å²) in [4.78, 5) is 18.4. The third-order valence-corrected chi connectivity index (χ3v) is 5.31. The van der Waals surface area contributed by atoms with Crippen molar-refractivity contribution >= 4 is 17.5 Å². The number of hydrogen-bond acceptors (Lipinski definition) is 3. The van der Waals surface area contributed by atoms with E-state index in [2.05, 4.69) is 27.3 Å². The van der Waals surface area contributed by atoms with E-state index >= 15 is 0 Å². The molecule has 2 heterocycles. The van der Waals surface area contributed by atoms with Crippen LogP contribution in [0.4, 0.5) is 0 Å². The van der Waals surface area contributed by atoms with Crippen LogP contribution in [-0.4, -0.2) is 42.0 Å². The summed E-state index contributed by atoms with van der Waals surface area (Å²) in [5.74, 6) is 0.740. The molecule has 1 aromatic carbocycles. The van der Waals surface area contributed by atoms with E-state index in [-0.39, 0.29) is 5.91 Å². The molecule has 26 heavy (non-hydrogen) atoms. The minimum atomic E-state index is -0.0468. The van der Waals surface area contributed by atoms with E-state index < -0.39 is 0 Å². The molecule has 0 unspecified atom stereocenters. The number of halogens is 1. The standard InChI is InChI=1S/C21H26ClN3O/c22-20-5-1-3-18(15-20)7-6-17-8-12-25(13-9-17)14-11-24-21(26)19-4-2-10-23-16-19/h1-5,10,15-17H,6-9,11-14H2,(H,24,26). The molecular weight excluding hydrogens is 346 g/mol. The van der Waals surface area contributed by atoms with Gasteiger partial charge in [-0.05, 0) is 74.5 Å². The molecule has 1 aliphatic rings. The first-order chi connectivity index (χ1) is 12.7. The summed E-state index contributed by atoms with van der Waals surface area (Å²) in [5.41, 5.74) is 1.95. The van der Waals surface area contributed by atoms with E-state index in [4.69, 9.17) is 11.6 Å². The van der Waals surface area contributed by atoms with Crippen LogP contribution in [0.5, 0.6) is 0 Å². The fourth-order valence-corrected chi connectivity index (χ4v) is 3.70. The van der Waals surface area contributed by atoms with Gasteiger partial charge in [-0.3, -0.25) is 9.78 Å². The molecule has 0 aliphatic carbocycles. The Morgan fingerprint density at radius 3 is 2.81 bits per heavy atom. The van der Waals surface area contributed by atoms with Gasteiger partial charge in [-0.2, -0.15) is 0 Å². The second kappa shape index (κ2) is 9.70. The molecule has 0 bridgehead atoms. The van der Waals surface area contributed by atoms with Crippen LogP contribution in [0.15, 0.2) is 48.8 Å². The van der Waals surface area contributed by atoms with Crippen LogP contribution in [0.1, 0.15) is 35.2 Å². The lowest BCUT2D eigenvalue weighted by molar-refractivity contribution is 0.0943. The van der Waals surface area contributed by atoms with Gasteiger partial charge in [-0.25, -0.2) is 0 Å². The van der Waals surface area contributed by atoms with E-state index in [1.807, 2.05) is 12.1 Å². The number of carbonyl (C=O) groups excluding carboxylic acids is 1. The van der Waals surface area contributed by atoms with Crippen LogP contribution in [-0.2, 0) is 6.42 Å². The molecule has 0 spiro atoms. The smallest absolute Gasteiger partial charge is 0.252 e. The van der Waals surface area contributed by atoms with E-state index in [0.29, 0.717) is 12.1 Å². The highest BCUT2D eigenvalue weighted by molar-refractivity contribution is 6.30. The van der Waals surface area contributed by atoms with Crippen molar-refractivity contribution in [2.45, 2.75) is 25.7 Å². The summed E-state index contributed by atoms with van der Waals surface area (Å²) in [6.07, 6.45) is 8.07. The second-order valence-electron chi connectivity index (χ2n) is 6.95. The molecule has 1 aromatic heterocycles. The van der Waals surface area contributed by atoms with Gasteiger partial charge in [-0.1, -0.05) is 23.7 Å². The lowest BCUT2D eigenvalue weighted by atomic mass is 9.90. The number of carbonyl (C=O) groups is 1. The second-order valence-corrected chi connectivity index (χ2v) is 7.39. The highest BCUT2D eigenvalue weighted by Crippen LogP contribution is 2.23. The van der Waals surface area contributed by atoms with E-state index in [0.717, 1.165) is 37.0 Å². The Labute approximate surface area is 160 Å². The first kappa shape index (κ1) is 18.9. The molecule has 5 heteroatoms. The normalized spacial score (nSPS) is 15.7. The summed E-state index contributed by atoms with van der Waals surface area (Å²) in [5, 5.41) is 3.80. The molecule has 138 valence electrons. The quantitative estimate of drug-likeness (QED) is 0.804. The number of benzene rings is 1. The number of nitrogens with zero attached hydrogens (tertiary/aromatic N) is 2. The Bertz CT molecular complexity index is 699. The van der Waals surface area contributed by atoms with Gasteiger partial charge in [-0.15, -0.1) is 0 Å². The van der Waals surface area contributed by atoms with Crippen molar-refractivity contribution in [3.05, 3.63) is 64.9 Å². The predicted molar refractivity (Wildman–Crippen MR) is 106 cm³/mol. The average molecular weight is 372 g/mol. The van der Waals surface area contributed by atoms with Crippen molar-refractivity contribution in [3.63, 3.8) is 0 Å². The van der Waals surface area contributed by atoms with Gasteiger partial charge in [0.2, 0.25) is 0 Å². The number of amides is 1. The number of aryl methyl sites for hydroxylation is 1. The molecule has 1 aliphatic heterocycles. The molecule has 1 saturated heterocycles. The molecule has 1 N–H and O–H groups in total. The molecular formula is C21H26ClN3O. The Hall–Kier alpha value is -1.91. The SMILES string of the molecule is O=C(NCCN1CCC(CCc2cccc(Cl)c2)CC1)c1cccnc1. The maximum absolute atomic E-state index is 12.0. The fraction of sp³-hybridized carbons (Fsp3) is 0.429. The molecule has 0 saturated carbocycles. The summed E-state index contributed by atoms with van der Waals surface area (Å²) in [7, 11) is 0. The van der Waals surface area contributed by atoms with Crippen molar-refractivity contribution in [1.82, 2.24) is 15.2 Å². The first-order valence-corrected chi connectivity index (χ1v) is 9.73. The third kappa shape index (κ3) is 5.82. The van der Waals surface area contributed by atoms with E-state index in [1.165, 1.54) is 24.8 Å². The van der Waals surface area contributed by atoms with Crippen LogP contribution in [0.25, 0.3) is 0 Å². The topological polar surface area (TPSA) is 45.2 Å². The Morgan fingerprint density at radius 2 is 2.08 bits per heavy atom. The number of rotatable bonds is 7. The number of likely N-dealkylation sites (tertiary alicyclic amines) is 1. The van der Waals surface area contributed by atoms with Gasteiger partial charge in [0, 0.05) is 30.5 Å². The minimum Gasteiger partial charge on any atom is -0.351 e. The van der Waals surface area contributed by atoms with Gasteiger partial charge in [0.05, 0.1) is 5.56 Å². The Morgan fingerprint density at radius 1 is 1.23 bits per heavy atom. The molecule has 1 fully saturated rings. The predicted octanol–water partition coefficient (Wildman–Crippen LogP) is 3.81. The van der Waals surface area contributed by atoms with E-state index in [1.54, 1.807) is 24.5 Å². The van der Waals surface area contributed by atoms with Crippen LogP contribution in [0.2, 0.25) is 5.02 Å². The average Bonchev–Trinajstić information content (AvgIpc) is 2.68. The Balaban J connectivity index is 1.32. The molecule has 1 amide bonds. The third-order valence-electron chi connectivity index (χ3n) is 5.07. The van der Waals surface area contributed by atoms with Crippen molar-refractivity contribution in [2.24, 2.45) is 5.92 Å². The number of piperidine rings is 1. The largest absolute Gasteiger partial charge is 0.351 e. The number of aromatic nitrogens is 1. The first-order valence-electron chi connectivity index (χ1n) is 9.36. The molecule has 4 nitrogen and oxygen atoms in total. The number of hydrogen-bond donors (Lipinski definition) is 1. The fourth-order valence-electron chi connectivity index (χ4n) is 3.49. The van der Waals surface area contributed by atoms with Gasteiger partial charge in [0.25, 0.3) is 5.91 Å². The van der Waals surface area contributed by atoms with Crippen molar-refractivity contribution in [1.29, 1.82) is 0 Å². The van der Waals surface area contributed by atoms with Crippen LogP contribution in [0.3, 0.4) is 0 Å². The Kier molecular flexibility index (Phi) is 7.04. The molecule has 0 atom stereocenters. The summed E-state index contributed by atoms with van der Waals surface area (Å²) < 4.78 is 0. The molecule has 0 radical (unpaired) electrons. The lowest BCUT2D eigenvalue weighted by Crippen LogP contribution is -2.39. The summed E-state index contributed by atoms with van der Waals surface area (Å²) >= 11 is 6.06. The zero-order valence-electron chi connectivity index (χ0n) is 15.0. The van der Waals surface area contributed by atoms with Gasteiger partial charge in [0.15, 0.2) is 0 Å². The van der Waals surface area contributed by atoms with Crippen LogP contribution >= 0.6 is 11.6 Å². The maximum Gasteiger partial charge on any atom is 0.252 e. The number of pyridine rings is 1. The van der Waals surface area contributed by atoms with Crippen LogP contribution < -0.4 is 5.32 Å². The lowest BCUT2D eigenvalue weighted by Gasteiger charge is -2.32.